The summed E-state index contributed by atoms with van der Waals surface area (Å²) in [4.78, 5) is 0. The number of hydrogen-bond acceptors (Lipinski definition) is 3. The third-order valence-corrected chi connectivity index (χ3v) is 5.71. The van der Waals surface area contributed by atoms with E-state index in [9.17, 15) is 4.57 Å². The van der Waals surface area contributed by atoms with E-state index < -0.39 is 7.75 Å². The van der Waals surface area contributed by atoms with Crippen molar-refractivity contribution in [1.82, 2.24) is 0 Å². The molecule has 0 saturated heterocycles. The molecule has 23 heavy (non-hydrogen) atoms. The maximum atomic E-state index is 13.2. The van der Waals surface area contributed by atoms with Gasteiger partial charge < -0.3 is 0 Å². The molecule has 0 spiro atoms. The molecule has 124 valence electrons. The zero-order valence-corrected chi connectivity index (χ0v) is 14.8. The Labute approximate surface area is 138 Å². The number of rotatable bonds is 8. The van der Waals surface area contributed by atoms with Crippen LogP contribution in [0.1, 0.15) is 20.8 Å². The molecule has 0 aliphatic rings. The Bertz CT molecular complexity index is 650. The van der Waals surface area contributed by atoms with Gasteiger partial charge in [0, 0.05) is 12.1 Å². The highest BCUT2D eigenvalue weighted by Crippen LogP contribution is 2.55. The molecule has 0 radical (unpaired) electrons. The van der Waals surface area contributed by atoms with Gasteiger partial charge in [-0.15, -0.1) is 0 Å². The number of anilines is 1. The maximum absolute atomic E-state index is 13.2. The molecule has 0 N–H and O–H groups in total. The van der Waals surface area contributed by atoms with E-state index in [1.165, 1.54) is 0 Å². The standard InChI is InChI=1S/C18H24NO3P/c1-4-19(23(20,21-5-2)22-6-3)18-15-11-10-14-17(18)16-12-8-7-9-13-16/h7-15H,4-6H2,1-3H3. The van der Waals surface area contributed by atoms with Gasteiger partial charge in [0.15, 0.2) is 0 Å². The van der Waals surface area contributed by atoms with E-state index >= 15 is 0 Å². The summed E-state index contributed by atoms with van der Waals surface area (Å²) in [5.41, 5.74) is 2.93. The molecule has 0 amide bonds. The van der Waals surface area contributed by atoms with Crippen molar-refractivity contribution in [2.24, 2.45) is 0 Å². The Morgan fingerprint density at radius 2 is 1.43 bits per heavy atom. The molecule has 0 aromatic heterocycles. The first-order valence-corrected chi connectivity index (χ1v) is 9.47. The van der Waals surface area contributed by atoms with Crippen molar-refractivity contribution >= 4 is 13.4 Å². The third-order valence-electron chi connectivity index (χ3n) is 3.45. The fraction of sp³-hybridized carbons (Fsp3) is 0.333. The van der Waals surface area contributed by atoms with Crippen molar-refractivity contribution in [3.8, 4) is 11.1 Å². The lowest BCUT2D eigenvalue weighted by molar-refractivity contribution is 0.218. The summed E-state index contributed by atoms with van der Waals surface area (Å²) >= 11 is 0. The SMILES string of the molecule is CCOP(=O)(OCC)N(CC)c1ccccc1-c1ccccc1. The van der Waals surface area contributed by atoms with Crippen molar-refractivity contribution in [3.63, 3.8) is 0 Å². The number of para-hydroxylation sites is 1. The molecular weight excluding hydrogens is 309 g/mol. The zero-order chi connectivity index (χ0) is 16.7. The lowest BCUT2D eigenvalue weighted by atomic mass is 10.0. The fourth-order valence-corrected chi connectivity index (χ4v) is 4.33. The maximum Gasteiger partial charge on any atom is 0.435 e. The molecule has 2 aromatic rings. The van der Waals surface area contributed by atoms with Gasteiger partial charge in [0.1, 0.15) is 0 Å². The average molecular weight is 333 g/mol. The normalized spacial score (nSPS) is 11.4. The predicted octanol–water partition coefficient (Wildman–Crippen LogP) is 5.36. The van der Waals surface area contributed by atoms with Crippen LogP contribution in [0.2, 0.25) is 0 Å². The summed E-state index contributed by atoms with van der Waals surface area (Å²) in [7, 11) is -3.37. The van der Waals surface area contributed by atoms with Crippen molar-refractivity contribution < 1.29 is 13.6 Å². The highest BCUT2D eigenvalue weighted by molar-refractivity contribution is 7.55. The zero-order valence-electron chi connectivity index (χ0n) is 13.9. The molecule has 0 atom stereocenters. The lowest BCUT2D eigenvalue weighted by Crippen LogP contribution is -2.23. The van der Waals surface area contributed by atoms with Gasteiger partial charge in [0.2, 0.25) is 0 Å². The molecule has 0 saturated carbocycles. The van der Waals surface area contributed by atoms with E-state index in [0.717, 1.165) is 16.8 Å². The minimum atomic E-state index is -3.37. The van der Waals surface area contributed by atoms with Crippen molar-refractivity contribution in [1.29, 1.82) is 0 Å². The minimum absolute atomic E-state index is 0.335. The highest BCUT2D eigenvalue weighted by atomic mass is 31.2. The molecule has 0 fully saturated rings. The summed E-state index contributed by atoms with van der Waals surface area (Å²) < 4.78 is 26.0. The Balaban J connectivity index is 2.52. The van der Waals surface area contributed by atoms with E-state index in [2.05, 4.69) is 0 Å². The average Bonchev–Trinajstić information content (AvgIpc) is 2.57. The Hall–Kier alpha value is -1.61. The largest absolute Gasteiger partial charge is 0.435 e. The predicted molar refractivity (Wildman–Crippen MR) is 95.8 cm³/mol. The third kappa shape index (κ3) is 4.03. The second kappa shape index (κ2) is 8.30. The van der Waals surface area contributed by atoms with Gasteiger partial charge in [0.25, 0.3) is 0 Å². The lowest BCUT2D eigenvalue weighted by Gasteiger charge is -2.31. The molecular formula is C18H24NO3P. The van der Waals surface area contributed by atoms with E-state index in [-0.39, 0.29) is 0 Å². The van der Waals surface area contributed by atoms with Crippen LogP contribution in [0.15, 0.2) is 54.6 Å². The monoisotopic (exact) mass is 333 g/mol. The van der Waals surface area contributed by atoms with Crippen molar-refractivity contribution in [2.45, 2.75) is 20.8 Å². The molecule has 0 bridgehead atoms. The van der Waals surface area contributed by atoms with Gasteiger partial charge in [-0.2, -0.15) is 0 Å². The number of benzene rings is 2. The van der Waals surface area contributed by atoms with E-state index in [0.29, 0.717) is 19.8 Å². The number of nitrogens with zero attached hydrogens (tertiary/aromatic N) is 1. The van der Waals surface area contributed by atoms with Crippen LogP contribution in [0.5, 0.6) is 0 Å². The Morgan fingerprint density at radius 3 is 2.00 bits per heavy atom. The quantitative estimate of drug-likeness (QED) is 0.610. The molecule has 0 aliphatic carbocycles. The molecule has 0 heterocycles. The first-order valence-electron chi connectivity index (χ1n) is 7.97. The number of hydrogen-bond donors (Lipinski definition) is 0. The van der Waals surface area contributed by atoms with Crippen LogP contribution in [0.4, 0.5) is 5.69 Å². The second-order valence-corrected chi connectivity index (χ2v) is 6.84. The summed E-state index contributed by atoms with van der Waals surface area (Å²) in [6, 6.07) is 17.9. The summed E-state index contributed by atoms with van der Waals surface area (Å²) in [6.45, 7) is 6.79. The van der Waals surface area contributed by atoms with Crippen LogP contribution in [-0.4, -0.2) is 19.8 Å². The fourth-order valence-electron chi connectivity index (χ4n) is 2.54. The van der Waals surface area contributed by atoms with E-state index in [1.807, 2.05) is 75.4 Å². The van der Waals surface area contributed by atoms with Crippen LogP contribution in [0.25, 0.3) is 11.1 Å². The van der Waals surface area contributed by atoms with Gasteiger partial charge in [-0.1, -0.05) is 48.5 Å². The minimum Gasteiger partial charge on any atom is -0.292 e. The van der Waals surface area contributed by atoms with Crippen LogP contribution < -0.4 is 4.67 Å². The summed E-state index contributed by atoms with van der Waals surface area (Å²) in [5.74, 6) is 0. The molecule has 2 rings (SSSR count). The molecule has 0 aliphatic heterocycles. The first-order chi connectivity index (χ1) is 11.2. The molecule has 2 aromatic carbocycles. The molecule has 4 nitrogen and oxygen atoms in total. The Kier molecular flexibility index (Phi) is 6.40. The topological polar surface area (TPSA) is 38.8 Å². The second-order valence-electron chi connectivity index (χ2n) is 4.90. The summed E-state index contributed by atoms with van der Waals surface area (Å²) in [6.07, 6.45) is 0. The van der Waals surface area contributed by atoms with Crippen LogP contribution in [-0.2, 0) is 13.6 Å². The smallest absolute Gasteiger partial charge is 0.292 e. The van der Waals surface area contributed by atoms with Gasteiger partial charge in [0.05, 0.1) is 18.9 Å². The molecule has 5 heteroatoms. The van der Waals surface area contributed by atoms with Gasteiger partial charge in [-0.05, 0) is 32.4 Å². The van der Waals surface area contributed by atoms with Crippen LogP contribution in [0, 0.1) is 0 Å². The van der Waals surface area contributed by atoms with Crippen LogP contribution in [0.3, 0.4) is 0 Å². The van der Waals surface area contributed by atoms with Gasteiger partial charge in [-0.25, -0.2) is 4.57 Å². The van der Waals surface area contributed by atoms with E-state index in [1.54, 1.807) is 4.67 Å². The van der Waals surface area contributed by atoms with Crippen molar-refractivity contribution in [3.05, 3.63) is 54.6 Å². The van der Waals surface area contributed by atoms with E-state index in [4.69, 9.17) is 9.05 Å². The van der Waals surface area contributed by atoms with Gasteiger partial charge in [-0.3, -0.25) is 13.7 Å². The highest BCUT2D eigenvalue weighted by Gasteiger charge is 2.33. The Morgan fingerprint density at radius 1 is 0.870 bits per heavy atom. The first kappa shape index (κ1) is 17.7. The molecule has 0 unspecified atom stereocenters. The summed E-state index contributed by atoms with van der Waals surface area (Å²) in [5, 5.41) is 0. The van der Waals surface area contributed by atoms with Gasteiger partial charge >= 0.3 is 7.75 Å². The van der Waals surface area contributed by atoms with Crippen molar-refractivity contribution in [2.75, 3.05) is 24.4 Å². The van der Waals surface area contributed by atoms with Crippen LogP contribution >= 0.6 is 7.75 Å².